The average Bonchev–Trinajstić information content (AvgIpc) is 2.98. The van der Waals surface area contributed by atoms with Crippen LogP contribution in [-0.4, -0.2) is 17.5 Å². The molecule has 1 unspecified atom stereocenters. The van der Waals surface area contributed by atoms with Gasteiger partial charge in [-0.3, -0.25) is 4.79 Å². The first-order chi connectivity index (χ1) is 11.1. The maximum Gasteiger partial charge on any atom is 0.228 e. The van der Waals surface area contributed by atoms with Gasteiger partial charge < -0.3 is 15.3 Å². The molecule has 1 heterocycles. The Morgan fingerprint density at radius 1 is 1.17 bits per heavy atom. The van der Waals surface area contributed by atoms with Crippen LogP contribution < -0.4 is 5.73 Å². The molecule has 24 heavy (non-hydrogen) atoms. The predicted octanol–water partition coefficient (Wildman–Crippen LogP) is 3.61. The summed E-state index contributed by atoms with van der Waals surface area (Å²) in [6, 6.07) is 12.1. The Morgan fingerprint density at radius 3 is 2.54 bits per heavy atom. The molecule has 0 spiro atoms. The SMILES string of the molecule is Cl.NC(CCO)c1ccc2oc(C(=O)c3ccc(F)cc3)cc2c1. The van der Waals surface area contributed by atoms with E-state index in [-0.39, 0.29) is 36.6 Å². The minimum Gasteiger partial charge on any atom is -0.453 e. The zero-order valence-electron chi connectivity index (χ0n) is 12.7. The van der Waals surface area contributed by atoms with Crippen LogP contribution in [0, 0.1) is 5.82 Å². The number of hydrogen-bond donors (Lipinski definition) is 2. The summed E-state index contributed by atoms with van der Waals surface area (Å²) >= 11 is 0. The lowest BCUT2D eigenvalue weighted by Gasteiger charge is -2.09. The van der Waals surface area contributed by atoms with Crippen molar-refractivity contribution < 1.29 is 18.7 Å². The van der Waals surface area contributed by atoms with Gasteiger partial charge in [-0.15, -0.1) is 12.4 Å². The molecular formula is C18H17ClFNO3. The number of hydrogen-bond acceptors (Lipinski definition) is 4. The molecule has 6 heteroatoms. The second-order valence-electron chi connectivity index (χ2n) is 5.36. The molecule has 0 aliphatic rings. The highest BCUT2D eigenvalue weighted by Gasteiger charge is 2.16. The monoisotopic (exact) mass is 349 g/mol. The van der Waals surface area contributed by atoms with Crippen LogP contribution in [0.4, 0.5) is 4.39 Å². The fraction of sp³-hybridized carbons (Fsp3) is 0.167. The summed E-state index contributed by atoms with van der Waals surface area (Å²) in [4.78, 5) is 12.4. The number of nitrogens with two attached hydrogens (primary N) is 1. The molecule has 3 rings (SSSR count). The van der Waals surface area contributed by atoms with Gasteiger partial charge in [-0.2, -0.15) is 0 Å². The van der Waals surface area contributed by atoms with Crippen LogP contribution in [0.25, 0.3) is 11.0 Å². The zero-order chi connectivity index (χ0) is 16.4. The number of halogens is 2. The second kappa shape index (κ2) is 7.57. The third-order valence-corrected chi connectivity index (χ3v) is 3.74. The third-order valence-electron chi connectivity index (χ3n) is 3.74. The van der Waals surface area contributed by atoms with Gasteiger partial charge in [0.1, 0.15) is 11.4 Å². The van der Waals surface area contributed by atoms with Gasteiger partial charge in [0.25, 0.3) is 0 Å². The van der Waals surface area contributed by atoms with Crippen LogP contribution in [0.1, 0.15) is 34.1 Å². The van der Waals surface area contributed by atoms with Crippen LogP contribution in [0.2, 0.25) is 0 Å². The Bertz CT molecular complexity index is 845. The van der Waals surface area contributed by atoms with E-state index >= 15 is 0 Å². The molecule has 4 nitrogen and oxygen atoms in total. The molecule has 0 aliphatic carbocycles. The summed E-state index contributed by atoms with van der Waals surface area (Å²) in [6.45, 7) is 0.0128. The van der Waals surface area contributed by atoms with Crippen molar-refractivity contribution >= 4 is 29.2 Å². The Morgan fingerprint density at radius 2 is 1.88 bits per heavy atom. The summed E-state index contributed by atoms with van der Waals surface area (Å²) in [5.74, 6) is -0.504. The van der Waals surface area contributed by atoms with Crippen LogP contribution in [0.5, 0.6) is 0 Å². The van der Waals surface area contributed by atoms with Crippen molar-refractivity contribution in [2.75, 3.05) is 6.61 Å². The molecule has 0 bridgehead atoms. The Kier molecular flexibility index (Phi) is 5.72. The van der Waals surface area contributed by atoms with Crippen LogP contribution in [-0.2, 0) is 0 Å². The molecule has 0 saturated carbocycles. The largest absolute Gasteiger partial charge is 0.453 e. The zero-order valence-corrected chi connectivity index (χ0v) is 13.6. The number of aliphatic hydroxyl groups excluding tert-OH is 1. The van der Waals surface area contributed by atoms with E-state index in [9.17, 15) is 9.18 Å². The topological polar surface area (TPSA) is 76.5 Å². The van der Waals surface area contributed by atoms with Gasteiger partial charge in [0.15, 0.2) is 5.76 Å². The van der Waals surface area contributed by atoms with Gasteiger partial charge in [-0.25, -0.2) is 4.39 Å². The van der Waals surface area contributed by atoms with Crippen LogP contribution in [0.15, 0.2) is 52.9 Å². The first-order valence-corrected chi connectivity index (χ1v) is 7.28. The molecule has 2 aromatic carbocycles. The van der Waals surface area contributed by atoms with Crippen molar-refractivity contribution in [2.24, 2.45) is 5.73 Å². The number of aliphatic hydroxyl groups is 1. The number of fused-ring (bicyclic) bond motifs is 1. The Hall–Kier alpha value is -2.21. The highest BCUT2D eigenvalue weighted by molar-refractivity contribution is 6.09. The summed E-state index contributed by atoms with van der Waals surface area (Å²) in [7, 11) is 0. The number of carbonyl (C=O) groups excluding carboxylic acids is 1. The van der Waals surface area contributed by atoms with Crippen molar-refractivity contribution in [2.45, 2.75) is 12.5 Å². The van der Waals surface area contributed by atoms with Crippen molar-refractivity contribution in [3.8, 4) is 0 Å². The van der Waals surface area contributed by atoms with E-state index in [1.54, 1.807) is 12.1 Å². The molecule has 3 N–H and O–H groups in total. The van der Waals surface area contributed by atoms with Crippen LogP contribution in [0.3, 0.4) is 0 Å². The first kappa shape index (κ1) is 18.1. The van der Waals surface area contributed by atoms with E-state index in [4.69, 9.17) is 15.3 Å². The summed E-state index contributed by atoms with van der Waals surface area (Å²) in [6.07, 6.45) is 0.463. The highest BCUT2D eigenvalue weighted by Crippen LogP contribution is 2.25. The van der Waals surface area contributed by atoms with E-state index in [1.165, 1.54) is 24.3 Å². The number of furan rings is 1. The quantitative estimate of drug-likeness (QED) is 0.690. The maximum absolute atomic E-state index is 12.9. The molecule has 0 saturated heterocycles. The molecular weight excluding hydrogens is 333 g/mol. The number of carbonyl (C=O) groups is 1. The molecule has 0 aliphatic heterocycles. The second-order valence-corrected chi connectivity index (χ2v) is 5.36. The summed E-state index contributed by atoms with van der Waals surface area (Å²) in [5.41, 5.74) is 7.79. The maximum atomic E-state index is 12.9. The van der Waals surface area contributed by atoms with Gasteiger partial charge in [0.05, 0.1) is 0 Å². The first-order valence-electron chi connectivity index (χ1n) is 7.28. The minimum atomic E-state index is -0.395. The van der Waals surface area contributed by atoms with Gasteiger partial charge in [0.2, 0.25) is 5.78 Å². The lowest BCUT2D eigenvalue weighted by atomic mass is 10.0. The average molecular weight is 350 g/mol. The molecule has 1 aromatic heterocycles. The normalized spacial score (nSPS) is 12.0. The van der Waals surface area contributed by atoms with E-state index in [0.29, 0.717) is 17.6 Å². The predicted molar refractivity (Wildman–Crippen MR) is 91.9 cm³/mol. The van der Waals surface area contributed by atoms with Crippen molar-refractivity contribution in [1.82, 2.24) is 0 Å². The molecule has 1 atom stereocenters. The fourth-order valence-electron chi connectivity index (χ4n) is 2.45. The van der Waals surface area contributed by atoms with Crippen molar-refractivity contribution in [1.29, 1.82) is 0 Å². The van der Waals surface area contributed by atoms with Gasteiger partial charge in [-0.1, -0.05) is 6.07 Å². The fourth-order valence-corrected chi connectivity index (χ4v) is 2.45. The minimum absolute atomic E-state index is 0. The Balaban J connectivity index is 0.00000208. The number of benzene rings is 2. The van der Waals surface area contributed by atoms with Crippen LogP contribution >= 0.6 is 12.4 Å². The van der Waals surface area contributed by atoms with E-state index in [2.05, 4.69) is 0 Å². The summed E-state index contributed by atoms with van der Waals surface area (Å²) in [5, 5.41) is 9.73. The van der Waals surface area contributed by atoms with E-state index < -0.39 is 5.82 Å². The highest BCUT2D eigenvalue weighted by atomic mass is 35.5. The van der Waals surface area contributed by atoms with Gasteiger partial charge >= 0.3 is 0 Å². The van der Waals surface area contributed by atoms with E-state index in [1.807, 2.05) is 12.1 Å². The molecule has 0 amide bonds. The molecule has 0 radical (unpaired) electrons. The lowest BCUT2D eigenvalue weighted by Crippen LogP contribution is -2.11. The molecule has 0 fully saturated rings. The summed E-state index contributed by atoms with van der Waals surface area (Å²) < 4.78 is 18.5. The van der Waals surface area contributed by atoms with Crippen molar-refractivity contribution in [3.63, 3.8) is 0 Å². The van der Waals surface area contributed by atoms with Gasteiger partial charge in [-0.05, 0) is 54.4 Å². The van der Waals surface area contributed by atoms with Gasteiger partial charge in [0, 0.05) is 23.6 Å². The number of rotatable bonds is 5. The standard InChI is InChI=1S/C18H16FNO3.ClH/c19-14-4-1-11(2-5-14)18(22)17-10-13-9-12(15(20)7-8-21)3-6-16(13)23-17;/h1-6,9-10,15,21H,7-8,20H2;1H. The Labute approximate surface area is 144 Å². The molecule has 3 aromatic rings. The third kappa shape index (κ3) is 3.64. The lowest BCUT2D eigenvalue weighted by molar-refractivity contribution is 0.101. The number of ketones is 1. The van der Waals surface area contributed by atoms with Crippen molar-refractivity contribution in [3.05, 3.63) is 71.2 Å². The molecule has 126 valence electrons. The van der Waals surface area contributed by atoms with E-state index in [0.717, 1.165) is 10.9 Å². The smallest absolute Gasteiger partial charge is 0.228 e.